The number of nitrogens with zero attached hydrogens (tertiary/aromatic N) is 4. The Hall–Kier alpha value is -1.15. The summed E-state index contributed by atoms with van der Waals surface area (Å²) in [4.78, 5) is 17.2. The van der Waals surface area contributed by atoms with Gasteiger partial charge in [0, 0.05) is 6.20 Å². The monoisotopic (exact) mass is 220 g/mol. The second-order valence-electron chi connectivity index (χ2n) is 3.63. The third-order valence-corrected chi connectivity index (χ3v) is 2.50. The van der Waals surface area contributed by atoms with Crippen LogP contribution >= 0.6 is 9.24 Å². The van der Waals surface area contributed by atoms with Gasteiger partial charge in [-0.25, -0.2) is 15.0 Å². The largest absolute Gasteiger partial charge is 0.251 e. The zero-order valence-electron chi connectivity index (χ0n) is 8.81. The lowest BCUT2D eigenvalue weighted by Gasteiger charge is -2.10. The van der Waals surface area contributed by atoms with E-state index in [2.05, 4.69) is 29.2 Å². The Morgan fingerprint density at radius 2 is 2.20 bits per heavy atom. The zero-order chi connectivity index (χ0) is 10.9. The van der Waals surface area contributed by atoms with Gasteiger partial charge in [-0.05, 0) is 19.4 Å². The molecule has 2 unspecified atom stereocenters. The van der Waals surface area contributed by atoms with Gasteiger partial charge in [0.1, 0.15) is 11.7 Å². The summed E-state index contributed by atoms with van der Waals surface area (Å²) in [7, 11) is 2.68. The first kappa shape index (κ1) is 10.4. The van der Waals surface area contributed by atoms with E-state index in [1.165, 1.54) is 0 Å². The van der Waals surface area contributed by atoms with E-state index in [-0.39, 0.29) is 5.28 Å². The molecule has 0 spiro atoms. The van der Waals surface area contributed by atoms with Crippen molar-refractivity contribution < 1.29 is 0 Å². The lowest BCUT2D eigenvalue weighted by atomic mass is 10.3. The SMILES string of the molecule is CCc1ncnc2c1=NC=CC(C)(P)N=2. The van der Waals surface area contributed by atoms with Crippen molar-refractivity contribution in [3.63, 3.8) is 0 Å². The first-order valence-electron chi connectivity index (χ1n) is 4.86. The van der Waals surface area contributed by atoms with Crippen molar-refractivity contribution in [3.05, 3.63) is 35.1 Å². The summed E-state index contributed by atoms with van der Waals surface area (Å²) >= 11 is 0. The number of rotatable bonds is 1. The molecule has 1 aromatic heterocycles. The maximum absolute atomic E-state index is 4.51. The number of hydrogen-bond donors (Lipinski definition) is 0. The molecule has 1 aliphatic rings. The first-order valence-corrected chi connectivity index (χ1v) is 5.44. The Morgan fingerprint density at radius 3 is 2.93 bits per heavy atom. The van der Waals surface area contributed by atoms with Gasteiger partial charge in [-0.1, -0.05) is 6.92 Å². The standard InChI is InChI=1S/C10H13N4P/c1-3-7-8-9(13-6-12-7)14-10(2,15)4-5-11-8/h4-6H,3,15H2,1-2H3. The topological polar surface area (TPSA) is 50.5 Å². The van der Waals surface area contributed by atoms with Gasteiger partial charge in [0.05, 0.1) is 11.0 Å². The van der Waals surface area contributed by atoms with Crippen LogP contribution in [0, 0.1) is 0 Å². The van der Waals surface area contributed by atoms with Crippen molar-refractivity contribution in [3.8, 4) is 0 Å². The van der Waals surface area contributed by atoms with Crippen molar-refractivity contribution >= 4 is 9.24 Å². The molecule has 2 atom stereocenters. The molecule has 0 aliphatic carbocycles. The maximum Gasteiger partial charge on any atom is 0.178 e. The van der Waals surface area contributed by atoms with Crippen molar-refractivity contribution in [2.75, 3.05) is 0 Å². The third-order valence-electron chi connectivity index (χ3n) is 2.18. The molecule has 2 rings (SSSR count). The zero-order valence-corrected chi connectivity index (χ0v) is 9.96. The van der Waals surface area contributed by atoms with Crippen LogP contribution < -0.4 is 10.8 Å². The highest BCUT2D eigenvalue weighted by Crippen LogP contribution is 2.20. The molecule has 1 aromatic rings. The summed E-state index contributed by atoms with van der Waals surface area (Å²) < 4.78 is 0. The van der Waals surface area contributed by atoms with E-state index in [0.717, 1.165) is 17.5 Å². The van der Waals surface area contributed by atoms with Crippen molar-refractivity contribution in [2.24, 2.45) is 9.98 Å². The van der Waals surface area contributed by atoms with Gasteiger partial charge in [-0.2, -0.15) is 0 Å². The molecule has 2 heterocycles. The summed E-state index contributed by atoms with van der Waals surface area (Å²) in [6.07, 6.45) is 6.08. The molecule has 1 aliphatic heterocycles. The van der Waals surface area contributed by atoms with Crippen molar-refractivity contribution in [2.45, 2.75) is 25.5 Å². The highest BCUT2D eigenvalue weighted by Gasteiger charge is 2.14. The van der Waals surface area contributed by atoms with Gasteiger partial charge >= 0.3 is 0 Å². The highest BCUT2D eigenvalue weighted by molar-refractivity contribution is 7.19. The van der Waals surface area contributed by atoms with Crippen LogP contribution in [-0.2, 0) is 6.42 Å². The Morgan fingerprint density at radius 1 is 1.40 bits per heavy atom. The van der Waals surface area contributed by atoms with Crippen molar-refractivity contribution in [1.82, 2.24) is 9.97 Å². The molecule has 4 nitrogen and oxygen atoms in total. The molecule has 0 fully saturated rings. The van der Waals surface area contributed by atoms with E-state index in [0.29, 0.717) is 5.49 Å². The Balaban J connectivity index is 2.78. The normalized spacial score (nSPS) is 23.7. The highest BCUT2D eigenvalue weighted by atomic mass is 31.0. The van der Waals surface area contributed by atoms with Gasteiger partial charge in [-0.15, -0.1) is 9.24 Å². The molecule has 15 heavy (non-hydrogen) atoms. The third kappa shape index (κ3) is 2.10. The minimum atomic E-state index is -0.325. The molecule has 0 bridgehead atoms. The molecule has 78 valence electrons. The smallest absolute Gasteiger partial charge is 0.178 e. The molecule has 0 saturated heterocycles. The van der Waals surface area contributed by atoms with Crippen LogP contribution in [0.1, 0.15) is 19.5 Å². The summed E-state index contributed by atoms with van der Waals surface area (Å²) in [5.74, 6) is 0. The summed E-state index contributed by atoms with van der Waals surface area (Å²) in [6, 6.07) is 0. The summed E-state index contributed by atoms with van der Waals surface area (Å²) in [6.45, 7) is 4.04. The van der Waals surface area contributed by atoms with Crippen LogP contribution in [0.2, 0.25) is 0 Å². The fraction of sp³-hybridized carbons (Fsp3) is 0.400. The average molecular weight is 220 g/mol. The molecule has 0 amide bonds. The van der Waals surface area contributed by atoms with E-state index in [9.17, 15) is 0 Å². The molecule has 0 aromatic carbocycles. The predicted octanol–water partition coefficient (Wildman–Crippen LogP) is 0.397. The maximum atomic E-state index is 4.51. The molecular formula is C10H13N4P. The van der Waals surface area contributed by atoms with E-state index in [1.807, 2.05) is 19.9 Å². The van der Waals surface area contributed by atoms with Crippen LogP contribution in [0.3, 0.4) is 0 Å². The lowest BCUT2D eigenvalue weighted by molar-refractivity contribution is 0.788. The van der Waals surface area contributed by atoms with Gasteiger partial charge in [0.15, 0.2) is 5.49 Å². The van der Waals surface area contributed by atoms with E-state index >= 15 is 0 Å². The first-order chi connectivity index (χ1) is 7.12. The summed E-state index contributed by atoms with van der Waals surface area (Å²) in [5, 5.41) is 0.469. The van der Waals surface area contributed by atoms with Crippen molar-refractivity contribution in [1.29, 1.82) is 0 Å². The fourth-order valence-electron chi connectivity index (χ4n) is 1.41. The van der Waals surface area contributed by atoms with Crippen LogP contribution in [0.15, 0.2) is 28.6 Å². The molecule has 0 N–H and O–H groups in total. The number of aromatic nitrogens is 2. The quantitative estimate of drug-likeness (QED) is 0.643. The average Bonchev–Trinajstić information content (AvgIpc) is 2.33. The van der Waals surface area contributed by atoms with E-state index < -0.39 is 0 Å². The van der Waals surface area contributed by atoms with Crippen LogP contribution in [0.25, 0.3) is 0 Å². The molecule has 5 heteroatoms. The Bertz CT molecular complexity index is 519. The summed E-state index contributed by atoms with van der Waals surface area (Å²) in [5.41, 5.74) is 1.61. The molecular weight excluding hydrogens is 207 g/mol. The lowest BCUT2D eigenvalue weighted by Crippen LogP contribution is -2.34. The number of aryl methyl sites for hydroxylation is 1. The second kappa shape index (κ2) is 3.78. The van der Waals surface area contributed by atoms with E-state index in [4.69, 9.17) is 0 Å². The minimum Gasteiger partial charge on any atom is -0.251 e. The van der Waals surface area contributed by atoms with Gasteiger partial charge in [0.2, 0.25) is 0 Å². The van der Waals surface area contributed by atoms with E-state index in [1.54, 1.807) is 12.5 Å². The Kier molecular flexibility index (Phi) is 2.61. The minimum absolute atomic E-state index is 0.325. The number of fused-ring (bicyclic) bond motifs is 1. The molecule has 0 saturated carbocycles. The Labute approximate surface area is 90.5 Å². The van der Waals surface area contributed by atoms with Gasteiger partial charge < -0.3 is 0 Å². The van der Waals surface area contributed by atoms with Crippen LogP contribution in [0.5, 0.6) is 0 Å². The second-order valence-corrected chi connectivity index (χ2v) is 4.80. The van der Waals surface area contributed by atoms with Gasteiger partial charge in [0.25, 0.3) is 0 Å². The fourth-order valence-corrected chi connectivity index (χ4v) is 1.61. The van der Waals surface area contributed by atoms with Crippen LogP contribution in [0.4, 0.5) is 0 Å². The van der Waals surface area contributed by atoms with Crippen LogP contribution in [-0.4, -0.2) is 15.2 Å². The molecule has 0 radical (unpaired) electrons. The predicted molar refractivity (Wildman–Crippen MR) is 61.0 cm³/mol. The number of hydrogen-bond acceptors (Lipinski definition) is 4. The van der Waals surface area contributed by atoms with Gasteiger partial charge in [-0.3, -0.25) is 4.99 Å².